The molecule has 1 fully saturated rings. The summed E-state index contributed by atoms with van der Waals surface area (Å²) in [4.78, 5) is 26.9. The average Bonchev–Trinajstić information content (AvgIpc) is 3.31. The normalized spacial score (nSPS) is 17.3. The van der Waals surface area contributed by atoms with Crippen LogP contribution in [-0.2, 0) is 16.1 Å². The Morgan fingerprint density at radius 1 is 1.38 bits per heavy atom. The van der Waals surface area contributed by atoms with E-state index < -0.39 is 0 Å². The molecule has 3 rings (SSSR count). The van der Waals surface area contributed by atoms with Crippen LogP contribution in [0.1, 0.15) is 43.6 Å². The molecule has 0 spiro atoms. The lowest BCUT2D eigenvalue weighted by Gasteiger charge is -2.31. The molecule has 2 aromatic heterocycles. The zero-order valence-electron chi connectivity index (χ0n) is 15.3. The smallest absolute Gasteiger partial charge is 0.310 e. The monoisotopic (exact) mass is 359 g/mol. The fourth-order valence-electron chi connectivity index (χ4n) is 3.29. The third kappa shape index (κ3) is 3.81. The number of esters is 1. The topological polar surface area (TPSA) is 77.6 Å². The summed E-state index contributed by atoms with van der Waals surface area (Å²) in [5, 5.41) is 4.53. The summed E-state index contributed by atoms with van der Waals surface area (Å²) >= 11 is 0. The van der Waals surface area contributed by atoms with Gasteiger partial charge in [0, 0.05) is 25.7 Å². The fraction of sp³-hybridized carbons (Fsp3) is 0.526. The minimum absolute atomic E-state index is 0.0993. The quantitative estimate of drug-likeness (QED) is 0.741. The first-order chi connectivity index (χ1) is 12.6. The molecule has 1 aliphatic heterocycles. The van der Waals surface area contributed by atoms with E-state index in [0.717, 1.165) is 19.3 Å². The maximum absolute atomic E-state index is 13.1. The Balaban J connectivity index is 1.81. The van der Waals surface area contributed by atoms with Crippen molar-refractivity contribution >= 4 is 11.9 Å². The summed E-state index contributed by atoms with van der Waals surface area (Å²) in [5.41, 5.74) is 1.17. The third-order valence-corrected chi connectivity index (χ3v) is 4.54. The standard InChI is InChI=1S/C19H25N3O4/c1-3-9-22-16(12-15(20-22)17-8-6-11-26-17)18(23)21-10-5-7-14(13-21)19(24)25-4-2/h6,8,11-12,14H,3-5,7,9-10,13H2,1-2H3. The first kappa shape index (κ1) is 18.2. The van der Waals surface area contributed by atoms with Crippen LogP contribution in [0.2, 0.25) is 0 Å². The zero-order chi connectivity index (χ0) is 18.5. The molecule has 1 saturated heterocycles. The van der Waals surface area contributed by atoms with Gasteiger partial charge < -0.3 is 14.1 Å². The molecule has 0 aliphatic carbocycles. The number of ether oxygens (including phenoxy) is 1. The summed E-state index contributed by atoms with van der Waals surface area (Å²) in [7, 11) is 0. The molecular formula is C19H25N3O4. The molecule has 7 nitrogen and oxygen atoms in total. The minimum atomic E-state index is -0.250. The van der Waals surface area contributed by atoms with Crippen molar-refractivity contribution in [3.05, 3.63) is 30.2 Å². The predicted molar refractivity (Wildman–Crippen MR) is 95.5 cm³/mol. The van der Waals surface area contributed by atoms with Crippen LogP contribution in [0.25, 0.3) is 11.5 Å². The second-order valence-electron chi connectivity index (χ2n) is 6.46. The fourth-order valence-corrected chi connectivity index (χ4v) is 3.29. The number of carbonyl (C=O) groups excluding carboxylic acids is 2. The van der Waals surface area contributed by atoms with Crippen molar-refractivity contribution < 1.29 is 18.7 Å². The van der Waals surface area contributed by atoms with Gasteiger partial charge >= 0.3 is 5.97 Å². The van der Waals surface area contributed by atoms with Gasteiger partial charge in [-0.05, 0) is 38.3 Å². The van der Waals surface area contributed by atoms with Gasteiger partial charge in [0.2, 0.25) is 0 Å². The molecule has 0 radical (unpaired) electrons. The van der Waals surface area contributed by atoms with Crippen LogP contribution in [0.4, 0.5) is 0 Å². The van der Waals surface area contributed by atoms with Gasteiger partial charge in [-0.2, -0.15) is 5.10 Å². The Morgan fingerprint density at radius 2 is 2.23 bits per heavy atom. The maximum Gasteiger partial charge on any atom is 0.310 e. The van der Waals surface area contributed by atoms with E-state index in [-0.39, 0.29) is 17.8 Å². The van der Waals surface area contributed by atoms with Gasteiger partial charge in [0.05, 0.1) is 18.8 Å². The summed E-state index contributed by atoms with van der Waals surface area (Å²) < 4.78 is 12.3. The Bertz CT molecular complexity index is 751. The number of amides is 1. The summed E-state index contributed by atoms with van der Waals surface area (Å²) in [6.45, 7) is 5.88. The van der Waals surface area contributed by atoms with E-state index in [1.54, 1.807) is 34.9 Å². The van der Waals surface area contributed by atoms with E-state index in [1.165, 1.54) is 0 Å². The molecule has 1 unspecified atom stereocenters. The number of aromatic nitrogens is 2. The molecule has 0 bridgehead atoms. The number of carbonyl (C=O) groups is 2. The Kier molecular flexibility index (Phi) is 5.75. The van der Waals surface area contributed by atoms with E-state index in [9.17, 15) is 9.59 Å². The van der Waals surface area contributed by atoms with E-state index in [2.05, 4.69) is 5.10 Å². The lowest BCUT2D eigenvalue weighted by atomic mass is 9.98. The van der Waals surface area contributed by atoms with Gasteiger partial charge in [0.25, 0.3) is 5.91 Å². The summed E-state index contributed by atoms with van der Waals surface area (Å²) in [5.74, 6) is 0.0674. The SMILES string of the molecule is CCCn1nc(-c2ccco2)cc1C(=O)N1CCCC(C(=O)OCC)C1. The highest BCUT2D eigenvalue weighted by Gasteiger charge is 2.31. The van der Waals surface area contributed by atoms with Crippen LogP contribution in [0.15, 0.2) is 28.9 Å². The highest BCUT2D eigenvalue weighted by molar-refractivity contribution is 5.94. The second-order valence-corrected chi connectivity index (χ2v) is 6.46. The first-order valence-corrected chi connectivity index (χ1v) is 9.21. The van der Waals surface area contributed by atoms with E-state index in [4.69, 9.17) is 9.15 Å². The molecule has 3 heterocycles. The Hall–Kier alpha value is -2.57. The highest BCUT2D eigenvalue weighted by Crippen LogP contribution is 2.24. The molecule has 1 aliphatic rings. The number of hydrogen-bond donors (Lipinski definition) is 0. The molecule has 7 heteroatoms. The van der Waals surface area contributed by atoms with Crippen LogP contribution in [0.5, 0.6) is 0 Å². The Morgan fingerprint density at radius 3 is 2.92 bits per heavy atom. The lowest BCUT2D eigenvalue weighted by molar-refractivity contribution is -0.149. The number of piperidine rings is 1. The van der Waals surface area contributed by atoms with Crippen molar-refractivity contribution in [1.82, 2.24) is 14.7 Å². The van der Waals surface area contributed by atoms with Crippen LogP contribution in [-0.4, -0.2) is 46.3 Å². The summed E-state index contributed by atoms with van der Waals surface area (Å²) in [6.07, 6.45) is 4.01. The van der Waals surface area contributed by atoms with Gasteiger partial charge in [0.1, 0.15) is 11.4 Å². The number of rotatable bonds is 6. The number of nitrogens with zero attached hydrogens (tertiary/aromatic N) is 3. The summed E-state index contributed by atoms with van der Waals surface area (Å²) in [6, 6.07) is 5.39. The predicted octanol–water partition coefficient (Wildman–Crippen LogP) is 2.97. The first-order valence-electron chi connectivity index (χ1n) is 9.21. The molecule has 0 saturated carbocycles. The molecular weight excluding hydrogens is 334 g/mol. The second kappa shape index (κ2) is 8.21. The molecule has 0 aromatic carbocycles. The molecule has 26 heavy (non-hydrogen) atoms. The van der Waals surface area contributed by atoms with E-state index >= 15 is 0 Å². The molecule has 1 amide bonds. The van der Waals surface area contributed by atoms with Crippen LogP contribution < -0.4 is 0 Å². The minimum Gasteiger partial charge on any atom is -0.466 e. The van der Waals surface area contributed by atoms with Crippen LogP contribution in [0, 0.1) is 5.92 Å². The highest BCUT2D eigenvalue weighted by atomic mass is 16.5. The van der Waals surface area contributed by atoms with Gasteiger partial charge in [-0.1, -0.05) is 6.92 Å². The van der Waals surface area contributed by atoms with Gasteiger partial charge in [0.15, 0.2) is 5.76 Å². The largest absolute Gasteiger partial charge is 0.466 e. The van der Waals surface area contributed by atoms with E-state index in [1.807, 2.05) is 13.0 Å². The third-order valence-electron chi connectivity index (χ3n) is 4.54. The lowest BCUT2D eigenvalue weighted by Crippen LogP contribution is -2.43. The van der Waals surface area contributed by atoms with Gasteiger partial charge in [-0.25, -0.2) is 0 Å². The van der Waals surface area contributed by atoms with Crippen molar-refractivity contribution in [2.24, 2.45) is 5.92 Å². The van der Waals surface area contributed by atoms with Crippen molar-refractivity contribution in [2.75, 3.05) is 19.7 Å². The van der Waals surface area contributed by atoms with Crippen LogP contribution >= 0.6 is 0 Å². The number of furan rings is 1. The van der Waals surface area contributed by atoms with Gasteiger partial charge in [-0.3, -0.25) is 14.3 Å². The van der Waals surface area contributed by atoms with Crippen molar-refractivity contribution in [3.63, 3.8) is 0 Å². The van der Waals surface area contributed by atoms with Crippen molar-refractivity contribution in [1.29, 1.82) is 0 Å². The van der Waals surface area contributed by atoms with Crippen LogP contribution in [0.3, 0.4) is 0 Å². The number of hydrogen-bond acceptors (Lipinski definition) is 5. The molecule has 1 atom stereocenters. The van der Waals surface area contributed by atoms with Gasteiger partial charge in [-0.15, -0.1) is 0 Å². The molecule has 140 valence electrons. The molecule has 2 aromatic rings. The zero-order valence-corrected chi connectivity index (χ0v) is 15.3. The molecule has 0 N–H and O–H groups in total. The van der Waals surface area contributed by atoms with Crippen molar-refractivity contribution in [2.45, 2.75) is 39.7 Å². The maximum atomic E-state index is 13.1. The Labute approximate surface area is 152 Å². The average molecular weight is 359 g/mol. The number of aryl methyl sites for hydroxylation is 1. The van der Waals surface area contributed by atoms with E-state index in [0.29, 0.717) is 43.4 Å². The number of likely N-dealkylation sites (tertiary alicyclic amines) is 1. The van der Waals surface area contributed by atoms with Crippen molar-refractivity contribution in [3.8, 4) is 11.5 Å².